The lowest BCUT2D eigenvalue weighted by atomic mass is 10.1. The van der Waals surface area contributed by atoms with Crippen LogP contribution in [0.2, 0.25) is 0 Å². The fourth-order valence-corrected chi connectivity index (χ4v) is 2.64. The van der Waals surface area contributed by atoms with Crippen LogP contribution in [0.1, 0.15) is 43.9 Å². The van der Waals surface area contributed by atoms with Gasteiger partial charge in [-0.2, -0.15) is 0 Å². The molecule has 0 unspecified atom stereocenters. The number of hydrogen-bond donors (Lipinski definition) is 0. The minimum absolute atomic E-state index is 0.0133. The highest BCUT2D eigenvalue weighted by atomic mass is 16.2. The Kier molecular flexibility index (Phi) is 5.11. The zero-order chi connectivity index (χ0) is 16.3. The number of carbonyl (C=O) groups is 2. The number of aromatic nitrogens is 2. The van der Waals surface area contributed by atoms with Gasteiger partial charge in [-0.15, -0.1) is 0 Å². The number of carbonyl (C=O) groups excluding carboxylic acids is 2. The molecule has 1 aliphatic heterocycles. The van der Waals surface area contributed by atoms with Gasteiger partial charge in [0.2, 0.25) is 5.91 Å². The molecule has 0 saturated carbocycles. The van der Waals surface area contributed by atoms with E-state index >= 15 is 0 Å². The van der Waals surface area contributed by atoms with Crippen molar-refractivity contribution in [2.75, 3.05) is 19.6 Å². The molecule has 2 rings (SSSR count). The third-order valence-corrected chi connectivity index (χ3v) is 3.86. The zero-order valence-electron chi connectivity index (χ0n) is 13.7. The minimum Gasteiger partial charge on any atom is -0.339 e. The maximum atomic E-state index is 12.6. The molecule has 2 heterocycles. The first-order chi connectivity index (χ1) is 10.4. The van der Waals surface area contributed by atoms with Crippen molar-refractivity contribution in [2.45, 2.75) is 40.2 Å². The van der Waals surface area contributed by atoms with Crippen molar-refractivity contribution in [3.63, 3.8) is 0 Å². The first-order valence-electron chi connectivity index (χ1n) is 7.84. The van der Waals surface area contributed by atoms with Gasteiger partial charge in [0, 0.05) is 38.4 Å². The average Bonchev–Trinajstić information content (AvgIpc) is 2.51. The average molecular weight is 304 g/mol. The van der Waals surface area contributed by atoms with E-state index in [1.165, 1.54) is 0 Å². The summed E-state index contributed by atoms with van der Waals surface area (Å²) in [6.07, 6.45) is 3.83. The normalized spacial score (nSPS) is 19.0. The number of piperazine rings is 1. The summed E-state index contributed by atoms with van der Waals surface area (Å²) in [5.41, 5.74) is 0.439. The highest BCUT2D eigenvalue weighted by Gasteiger charge is 2.34. The molecule has 0 aliphatic carbocycles. The molecule has 22 heavy (non-hydrogen) atoms. The van der Waals surface area contributed by atoms with Crippen molar-refractivity contribution >= 4 is 11.8 Å². The predicted molar refractivity (Wildman–Crippen MR) is 83.3 cm³/mol. The van der Waals surface area contributed by atoms with Crippen molar-refractivity contribution in [1.29, 1.82) is 0 Å². The first kappa shape index (κ1) is 16.4. The van der Waals surface area contributed by atoms with Crippen molar-refractivity contribution < 1.29 is 9.59 Å². The summed E-state index contributed by atoms with van der Waals surface area (Å²) in [6, 6.07) is -0.439. The molecule has 0 radical (unpaired) electrons. The second kappa shape index (κ2) is 6.85. The summed E-state index contributed by atoms with van der Waals surface area (Å²) in [4.78, 5) is 36.7. The van der Waals surface area contributed by atoms with Crippen molar-refractivity contribution in [1.82, 2.24) is 19.8 Å². The molecule has 1 aromatic rings. The van der Waals surface area contributed by atoms with Gasteiger partial charge in [-0.05, 0) is 12.8 Å². The predicted octanol–water partition coefficient (Wildman–Crippen LogP) is 1.37. The second-order valence-electron chi connectivity index (χ2n) is 6.09. The van der Waals surface area contributed by atoms with Gasteiger partial charge in [0.1, 0.15) is 11.9 Å². The fraction of sp³-hybridized carbons (Fsp3) is 0.625. The maximum Gasteiger partial charge on any atom is 0.257 e. The van der Waals surface area contributed by atoms with Gasteiger partial charge in [0.25, 0.3) is 5.91 Å². The summed E-state index contributed by atoms with van der Waals surface area (Å²) < 4.78 is 0. The van der Waals surface area contributed by atoms with E-state index in [0.29, 0.717) is 30.4 Å². The maximum absolute atomic E-state index is 12.6. The van der Waals surface area contributed by atoms with Gasteiger partial charge in [-0.25, -0.2) is 9.97 Å². The highest BCUT2D eigenvalue weighted by Crippen LogP contribution is 2.16. The van der Waals surface area contributed by atoms with E-state index in [0.717, 1.165) is 13.0 Å². The van der Waals surface area contributed by atoms with Gasteiger partial charge in [-0.1, -0.05) is 20.8 Å². The molecular weight excluding hydrogens is 280 g/mol. The van der Waals surface area contributed by atoms with Crippen LogP contribution in [0.15, 0.2) is 12.4 Å². The SMILES string of the molecule is CCc1ncc(C(=O)N2CCN(CC(C)C)C(=O)[C@H]2C)cn1. The van der Waals surface area contributed by atoms with Crippen LogP contribution in [0.25, 0.3) is 0 Å². The van der Waals surface area contributed by atoms with Crippen molar-refractivity contribution in [3.8, 4) is 0 Å². The molecular formula is C16H24N4O2. The summed E-state index contributed by atoms with van der Waals surface area (Å²) in [7, 11) is 0. The van der Waals surface area contributed by atoms with Crippen LogP contribution in [-0.2, 0) is 11.2 Å². The van der Waals surface area contributed by atoms with Crippen LogP contribution in [0.3, 0.4) is 0 Å². The number of hydrogen-bond acceptors (Lipinski definition) is 4. The van der Waals surface area contributed by atoms with E-state index in [-0.39, 0.29) is 11.8 Å². The summed E-state index contributed by atoms with van der Waals surface area (Å²) >= 11 is 0. The van der Waals surface area contributed by atoms with E-state index in [1.54, 1.807) is 24.2 Å². The van der Waals surface area contributed by atoms with Gasteiger partial charge in [-0.3, -0.25) is 9.59 Å². The van der Waals surface area contributed by atoms with Crippen molar-refractivity contribution in [2.24, 2.45) is 5.92 Å². The number of rotatable bonds is 4. The Bertz CT molecular complexity index is 542. The molecule has 6 heteroatoms. The smallest absolute Gasteiger partial charge is 0.257 e. The highest BCUT2D eigenvalue weighted by molar-refractivity contribution is 5.97. The van der Waals surface area contributed by atoms with E-state index < -0.39 is 6.04 Å². The Hall–Kier alpha value is -1.98. The quantitative estimate of drug-likeness (QED) is 0.842. The largest absolute Gasteiger partial charge is 0.339 e. The third-order valence-electron chi connectivity index (χ3n) is 3.86. The van der Waals surface area contributed by atoms with Gasteiger partial charge < -0.3 is 9.80 Å². The van der Waals surface area contributed by atoms with Crippen LogP contribution >= 0.6 is 0 Å². The Balaban J connectivity index is 2.09. The molecule has 6 nitrogen and oxygen atoms in total. The Morgan fingerprint density at radius 3 is 2.50 bits per heavy atom. The third kappa shape index (κ3) is 3.43. The van der Waals surface area contributed by atoms with Crippen LogP contribution in [-0.4, -0.2) is 57.3 Å². The zero-order valence-corrected chi connectivity index (χ0v) is 13.7. The monoisotopic (exact) mass is 304 g/mol. The lowest BCUT2D eigenvalue weighted by molar-refractivity contribution is -0.140. The molecule has 0 N–H and O–H groups in total. The Labute approximate surface area is 131 Å². The van der Waals surface area contributed by atoms with Crippen molar-refractivity contribution in [3.05, 3.63) is 23.8 Å². The second-order valence-corrected chi connectivity index (χ2v) is 6.09. The molecule has 1 atom stereocenters. The molecule has 120 valence electrons. The molecule has 2 amide bonds. The lowest BCUT2D eigenvalue weighted by Gasteiger charge is -2.39. The Morgan fingerprint density at radius 2 is 1.95 bits per heavy atom. The van der Waals surface area contributed by atoms with E-state index in [2.05, 4.69) is 23.8 Å². The molecule has 1 fully saturated rings. The molecule has 0 aromatic carbocycles. The van der Waals surface area contributed by atoms with E-state index in [9.17, 15) is 9.59 Å². The molecule has 0 spiro atoms. The van der Waals surface area contributed by atoms with Crippen LogP contribution in [0.5, 0.6) is 0 Å². The van der Waals surface area contributed by atoms with Crippen LogP contribution in [0, 0.1) is 5.92 Å². The van der Waals surface area contributed by atoms with Gasteiger partial charge in [0.15, 0.2) is 0 Å². The summed E-state index contributed by atoms with van der Waals surface area (Å²) in [5, 5.41) is 0. The first-order valence-corrected chi connectivity index (χ1v) is 7.84. The molecule has 1 aromatic heterocycles. The topological polar surface area (TPSA) is 66.4 Å². The van der Waals surface area contributed by atoms with Gasteiger partial charge in [0.05, 0.1) is 5.56 Å². The van der Waals surface area contributed by atoms with E-state index in [1.807, 2.05) is 11.8 Å². The fourth-order valence-electron chi connectivity index (χ4n) is 2.64. The Morgan fingerprint density at radius 1 is 1.32 bits per heavy atom. The van der Waals surface area contributed by atoms with Crippen LogP contribution in [0.4, 0.5) is 0 Å². The number of nitrogens with zero attached hydrogens (tertiary/aromatic N) is 4. The van der Waals surface area contributed by atoms with Crippen LogP contribution < -0.4 is 0 Å². The summed E-state index contributed by atoms with van der Waals surface area (Å²) in [5.74, 6) is 0.975. The van der Waals surface area contributed by atoms with E-state index in [4.69, 9.17) is 0 Å². The molecule has 1 saturated heterocycles. The number of amides is 2. The number of aryl methyl sites for hydroxylation is 1. The summed E-state index contributed by atoms with van der Waals surface area (Å²) in [6.45, 7) is 9.79. The molecule has 1 aliphatic rings. The standard InChI is InChI=1S/C16H24N4O2/c1-5-14-17-8-13(9-18-14)16(22)20-7-6-19(10-11(2)3)15(21)12(20)4/h8-9,11-12H,5-7,10H2,1-4H3/t12-/m1/s1. The minimum atomic E-state index is -0.439. The lowest BCUT2D eigenvalue weighted by Crippen LogP contribution is -2.58. The molecule has 0 bridgehead atoms. The van der Waals surface area contributed by atoms with Gasteiger partial charge >= 0.3 is 0 Å².